The van der Waals surface area contributed by atoms with Crippen molar-refractivity contribution in [2.45, 2.75) is 6.92 Å². The quantitative estimate of drug-likeness (QED) is 0.671. The molecule has 0 radical (unpaired) electrons. The molecule has 1 aromatic carbocycles. The van der Waals surface area contributed by atoms with E-state index in [0.717, 1.165) is 4.90 Å². The lowest BCUT2D eigenvalue weighted by Gasteiger charge is -2.07. The molecule has 0 atom stereocenters. The van der Waals surface area contributed by atoms with Gasteiger partial charge in [-0.1, -0.05) is 6.07 Å². The number of imide groups is 1. The average Bonchev–Trinajstić information content (AvgIpc) is 2.50. The molecule has 1 aliphatic heterocycles. The summed E-state index contributed by atoms with van der Waals surface area (Å²) in [6.07, 6.45) is 1.27. The highest BCUT2D eigenvalue weighted by Crippen LogP contribution is 2.23. The van der Waals surface area contributed by atoms with Gasteiger partial charge in [0.2, 0.25) is 0 Å². The van der Waals surface area contributed by atoms with E-state index in [2.05, 4.69) is 0 Å². The van der Waals surface area contributed by atoms with E-state index in [0.29, 0.717) is 16.7 Å². The van der Waals surface area contributed by atoms with Gasteiger partial charge in [-0.2, -0.15) is 0 Å². The van der Waals surface area contributed by atoms with E-state index in [9.17, 15) is 14.0 Å². The molecule has 3 nitrogen and oxygen atoms in total. The summed E-state index contributed by atoms with van der Waals surface area (Å²) in [7, 11) is 1.42. The van der Waals surface area contributed by atoms with Crippen LogP contribution < -0.4 is 0 Å². The minimum atomic E-state index is -0.351. The highest BCUT2D eigenvalue weighted by atomic mass is 19.1. The Morgan fingerprint density at radius 1 is 1.25 bits per heavy atom. The van der Waals surface area contributed by atoms with Gasteiger partial charge < -0.3 is 0 Å². The molecule has 0 aliphatic carbocycles. The molecule has 0 unspecified atom stereocenters. The van der Waals surface area contributed by atoms with Gasteiger partial charge in [0.15, 0.2) is 0 Å². The summed E-state index contributed by atoms with van der Waals surface area (Å²) in [5, 5.41) is 0. The molecular weight excluding hydrogens is 209 g/mol. The van der Waals surface area contributed by atoms with E-state index in [1.54, 1.807) is 13.0 Å². The molecule has 0 saturated carbocycles. The van der Waals surface area contributed by atoms with E-state index in [1.165, 1.54) is 25.3 Å². The number of nitrogens with zero attached hydrogens (tertiary/aromatic N) is 1. The number of carbonyl (C=O) groups excluding carboxylic acids is 2. The monoisotopic (exact) mass is 219 g/mol. The van der Waals surface area contributed by atoms with Gasteiger partial charge in [0.1, 0.15) is 5.82 Å². The predicted octanol–water partition coefficient (Wildman–Crippen LogP) is 1.52. The summed E-state index contributed by atoms with van der Waals surface area (Å²) in [5.74, 6) is -1.02. The van der Waals surface area contributed by atoms with Crippen LogP contribution in [0.2, 0.25) is 0 Å². The Morgan fingerprint density at radius 2 is 1.94 bits per heavy atom. The van der Waals surface area contributed by atoms with E-state index >= 15 is 0 Å². The van der Waals surface area contributed by atoms with Crippen molar-refractivity contribution in [3.05, 3.63) is 41.2 Å². The molecule has 0 fully saturated rings. The van der Waals surface area contributed by atoms with E-state index in [4.69, 9.17) is 0 Å². The maximum Gasteiger partial charge on any atom is 0.261 e. The number of rotatable bonds is 1. The molecule has 16 heavy (non-hydrogen) atoms. The normalized spacial score (nSPS) is 15.7. The van der Waals surface area contributed by atoms with Crippen LogP contribution in [0.1, 0.15) is 11.1 Å². The molecular formula is C12H10FNO2. The highest BCUT2D eigenvalue weighted by molar-refractivity contribution is 6.33. The Labute approximate surface area is 92.2 Å². The van der Waals surface area contributed by atoms with Crippen molar-refractivity contribution >= 4 is 17.4 Å². The van der Waals surface area contributed by atoms with Gasteiger partial charge >= 0.3 is 0 Å². The Bertz CT molecular complexity index is 520. The van der Waals surface area contributed by atoms with Crippen LogP contribution in [0.3, 0.4) is 0 Å². The van der Waals surface area contributed by atoms with Gasteiger partial charge in [-0.25, -0.2) is 4.39 Å². The minimum absolute atomic E-state index is 0.315. The van der Waals surface area contributed by atoms with Gasteiger partial charge in [0.25, 0.3) is 11.8 Å². The third-order valence-electron chi connectivity index (χ3n) is 2.60. The summed E-state index contributed by atoms with van der Waals surface area (Å²) in [4.78, 5) is 24.0. The van der Waals surface area contributed by atoms with Crippen LogP contribution in [0.5, 0.6) is 0 Å². The molecule has 4 heteroatoms. The van der Waals surface area contributed by atoms with Gasteiger partial charge in [0, 0.05) is 13.1 Å². The third kappa shape index (κ3) is 1.52. The first-order valence-electron chi connectivity index (χ1n) is 4.81. The standard InChI is InChI=1S/C12H10FNO2/c1-7-5-8(3-4-10(7)13)9-6-11(15)14(2)12(9)16/h3-6H,1-2H3. The third-order valence-corrected chi connectivity index (χ3v) is 2.60. The van der Waals surface area contributed by atoms with Gasteiger partial charge in [-0.05, 0) is 30.2 Å². The number of likely N-dealkylation sites (N-methyl/N-ethyl adjacent to an activating group) is 1. The summed E-state index contributed by atoms with van der Waals surface area (Å²) in [6, 6.07) is 4.35. The molecule has 82 valence electrons. The summed E-state index contributed by atoms with van der Waals surface area (Å²) >= 11 is 0. The van der Waals surface area contributed by atoms with Crippen molar-refractivity contribution in [2.75, 3.05) is 7.05 Å². The second kappa shape index (κ2) is 3.56. The largest absolute Gasteiger partial charge is 0.278 e. The van der Waals surface area contributed by atoms with Gasteiger partial charge in [-0.15, -0.1) is 0 Å². The lowest BCUT2D eigenvalue weighted by molar-refractivity contribution is -0.134. The smallest absolute Gasteiger partial charge is 0.261 e. The first-order chi connectivity index (χ1) is 7.50. The molecule has 1 aromatic rings. The van der Waals surface area contributed by atoms with Crippen molar-refractivity contribution in [3.8, 4) is 0 Å². The zero-order valence-electron chi connectivity index (χ0n) is 8.95. The average molecular weight is 219 g/mol. The SMILES string of the molecule is Cc1cc(C2=CC(=O)N(C)C2=O)ccc1F. The number of halogens is 1. The highest BCUT2D eigenvalue weighted by Gasteiger charge is 2.28. The first kappa shape index (κ1) is 10.5. The van der Waals surface area contributed by atoms with Gasteiger partial charge in [0.05, 0.1) is 5.57 Å². The second-order valence-electron chi connectivity index (χ2n) is 3.72. The van der Waals surface area contributed by atoms with Crippen LogP contribution in [0.25, 0.3) is 5.57 Å². The molecule has 0 spiro atoms. The van der Waals surface area contributed by atoms with E-state index < -0.39 is 0 Å². The molecule has 1 aliphatic rings. The van der Waals surface area contributed by atoms with Crippen molar-refractivity contribution in [1.29, 1.82) is 0 Å². The van der Waals surface area contributed by atoms with Crippen LogP contribution in [0.4, 0.5) is 4.39 Å². The molecule has 0 bridgehead atoms. The number of carbonyl (C=O) groups is 2. The molecule has 1 heterocycles. The van der Waals surface area contributed by atoms with Gasteiger partial charge in [-0.3, -0.25) is 14.5 Å². The first-order valence-corrected chi connectivity index (χ1v) is 4.81. The van der Waals surface area contributed by atoms with Crippen LogP contribution in [0.15, 0.2) is 24.3 Å². The Hall–Kier alpha value is -1.97. The van der Waals surface area contributed by atoms with E-state index in [1.807, 2.05) is 0 Å². The zero-order chi connectivity index (χ0) is 11.9. The van der Waals surface area contributed by atoms with Crippen molar-refractivity contribution in [1.82, 2.24) is 4.90 Å². The molecule has 0 aromatic heterocycles. The topological polar surface area (TPSA) is 37.4 Å². The maximum absolute atomic E-state index is 13.1. The van der Waals surface area contributed by atoms with Crippen molar-refractivity contribution in [2.24, 2.45) is 0 Å². The zero-order valence-corrected chi connectivity index (χ0v) is 8.95. The Morgan fingerprint density at radius 3 is 2.44 bits per heavy atom. The van der Waals surface area contributed by atoms with Crippen LogP contribution >= 0.6 is 0 Å². The fraction of sp³-hybridized carbons (Fsp3) is 0.167. The van der Waals surface area contributed by atoms with Crippen molar-refractivity contribution < 1.29 is 14.0 Å². The van der Waals surface area contributed by atoms with Crippen LogP contribution in [-0.4, -0.2) is 23.8 Å². The molecule has 0 saturated heterocycles. The molecule has 2 rings (SSSR count). The minimum Gasteiger partial charge on any atom is -0.278 e. The molecule has 0 N–H and O–H groups in total. The summed E-state index contributed by atoms with van der Waals surface area (Å²) in [5.41, 5.74) is 1.34. The number of aryl methyl sites for hydroxylation is 1. The number of amides is 2. The van der Waals surface area contributed by atoms with Crippen LogP contribution in [0, 0.1) is 12.7 Å². The van der Waals surface area contributed by atoms with Crippen LogP contribution in [-0.2, 0) is 9.59 Å². The number of benzene rings is 1. The van der Waals surface area contributed by atoms with E-state index in [-0.39, 0.29) is 17.6 Å². The fourth-order valence-electron chi connectivity index (χ4n) is 1.58. The van der Waals surface area contributed by atoms with Crippen molar-refractivity contribution in [3.63, 3.8) is 0 Å². The number of hydrogen-bond donors (Lipinski definition) is 0. The second-order valence-corrected chi connectivity index (χ2v) is 3.72. The number of hydrogen-bond acceptors (Lipinski definition) is 2. The molecule has 2 amide bonds. The predicted molar refractivity (Wildman–Crippen MR) is 56.9 cm³/mol. The summed E-state index contributed by atoms with van der Waals surface area (Å²) in [6.45, 7) is 1.62. The summed E-state index contributed by atoms with van der Waals surface area (Å²) < 4.78 is 13.1. The Kier molecular flexibility index (Phi) is 2.34. The maximum atomic E-state index is 13.1. The Balaban J connectivity index is 2.46. The fourth-order valence-corrected chi connectivity index (χ4v) is 1.58. The lowest BCUT2D eigenvalue weighted by Crippen LogP contribution is -2.25. The lowest BCUT2D eigenvalue weighted by atomic mass is 10.0.